The third-order valence-corrected chi connectivity index (χ3v) is 12.1. The highest BCUT2D eigenvalue weighted by Gasteiger charge is 2.16. The monoisotopic (exact) mass is 748 g/mol. The molecule has 0 saturated carbocycles. The van der Waals surface area contributed by atoms with E-state index in [4.69, 9.17) is 0 Å². The van der Waals surface area contributed by atoms with Gasteiger partial charge in [-0.3, -0.25) is 0 Å². The standard InChI is InChI=1S/C54H40N2S/c1-4-12-39(13-5-1)40-20-22-41(23-21-40)42-24-30-47(31-25-42)55(45-14-6-2-7-15-45)48-32-26-43(27-33-48)44-28-34-49(35-29-44)56(46-16-8-3-9-17-46)50-36-37-54-52(38-50)51-18-10-11-19-53(51)57-54/h1-9,12-38H,10-11H2. The number of anilines is 6. The van der Waals surface area contributed by atoms with E-state index in [1.54, 1.807) is 0 Å². The maximum absolute atomic E-state index is 2.41. The van der Waals surface area contributed by atoms with Crippen LogP contribution in [0.5, 0.6) is 0 Å². The molecule has 2 nitrogen and oxygen atoms in total. The Morgan fingerprint density at radius 2 is 0.667 bits per heavy atom. The van der Waals surface area contributed by atoms with E-state index in [0.29, 0.717) is 0 Å². The Bertz CT molecular complexity index is 2900. The minimum Gasteiger partial charge on any atom is -0.311 e. The molecule has 1 aliphatic rings. The average molecular weight is 749 g/mol. The van der Waals surface area contributed by atoms with E-state index in [0.717, 1.165) is 41.3 Å². The van der Waals surface area contributed by atoms with Crippen LogP contribution in [0.1, 0.15) is 12.8 Å². The quantitative estimate of drug-likeness (QED) is 0.145. The minimum absolute atomic E-state index is 1.11. The first-order valence-corrected chi connectivity index (χ1v) is 20.5. The SMILES string of the molecule is C1=c2sc3ccc(N(c4ccccc4)c4ccc(-c5ccc(N(c6ccccc6)c6ccc(-c7ccc(-c8ccccc8)cc7)cc6)cc5)cc4)cc3c2=CCC1. The van der Waals surface area contributed by atoms with Gasteiger partial charge in [-0.15, -0.1) is 11.3 Å². The maximum Gasteiger partial charge on any atom is 0.0468 e. The molecule has 0 spiro atoms. The van der Waals surface area contributed by atoms with Gasteiger partial charge in [-0.1, -0.05) is 140 Å². The zero-order chi connectivity index (χ0) is 38.0. The molecule has 9 aromatic rings. The van der Waals surface area contributed by atoms with Crippen LogP contribution in [-0.4, -0.2) is 0 Å². The molecule has 0 unspecified atom stereocenters. The molecule has 0 fully saturated rings. The fourth-order valence-corrected chi connectivity index (χ4v) is 9.17. The van der Waals surface area contributed by atoms with E-state index < -0.39 is 0 Å². The van der Waals surface area contributed by atoms with Crippen LogP contribution in [0.2, 0.25) is 0 Å². The number of rotatable bonds is 9. The summed E-state index contributed by atoms with van der Waals surface area (Å²) in [6.07, 6.45) is 7.04. The summed E-state index contributed by atoms with van der Waals surface area (Å²) in [6.45, 7) is 0. The molecular formula is C54H40N2S. The number of hydrogen-bond acceptors (Lipinski definition) is 3. The second kappa shape index (κ2) is 15.3. The van der Waals surface area contributed by atoms with Crippen LogP contribution in [0.3, 0.4) is 0 Å². The molecule has 0 radical (unpaired) electrons. The van der Waals surface area contributed by atoms with E-state index >= 15 is 0 Å². The van der Waals surface area contributed by atoms with Crippen molar-refractivity contribution in [3.8, 4) is 33.4 Å². The van der Waals surface area contributed by atoms with E-state index in [1.807, 2.05) is 11.3 Å². The molecule has 0 saturated heterocycles. The van der Waals surface area contributed by atoms with Crippen molar-refractivity contribution in [3.05, 3.63) is 216 Å². The molecule has 0 atom stereocenters. The van der Waals surface area contributed by atoms with Crippen molar-refractivity contribution < 1.29 is 0 Å². The van der Waals surface area contributed by atoms with Gasteiger partial charge in [0.25, 0.3) is 0 Å². The molecule has 0 N–H and O–H groups in total. The summed E-state index contributed by atoms with van der Waals surface area (Å²) in [6, 6.07) is 74.4. The fourth-order valence-electron chi connectivity index (χ4n) is 8.01. The van der Waals surface area contributed by atoms with Gasteiger partial charge in [0.15, 0.2) is 0 Å². The van der Waals surface area contributed by atoms with Gasteiger partial charge >= 0.3 is 0 Å². The van der Waals surface area contributed by atoms with E-state index in [-0.39, 0.29) is 0 Å². The van der Waals surface area contributed by atoms with Crippen molar-refractivity contribution >= 4 is 67.7 Å². The highest BCUT2D eigenvalue weighted by atomic mass is 32.1. The normalized spacial score (nSPS) is 12.0. The lowest BCUT2D eigenvalue weighted by atomic mass is 10.00. The lowest BCUT2D eigenvalue weighted by Crippen LogP contribution is -2.20. The summed E-state index contributed by atoms with van der Waals surface area (Å²) < 4.78 is 2.75. The average Bonchev–Trinajstić information content (AvgIpc) is 3.67. The second-order valence-corrected chi connectivity index (χ2v) is 15.6. The van der Waals surface area contributed by atoms with Crippen LogP contribution in [0.25, 0.3) is 55.6 Å². The molecule has 57 heavy (non-hydrogen) atoms. The Balaban J connectivity index is 0.933. The Morgan fingerprint density at radius 1 is 0.316 bits per heavy atom. The van der Waals surface area contributed by atoms with E-state index in [1.165, 1.54) is 58.9 Å². The van der Waals surface area contributed by atoms with Crippen molar-refractivity contribution in [2.75, 3.05) is 9.80 Å². The van der Waals surface area contributed by atoms with Crippen molar-refractivity contribution in [1.29, 1.82) is 0 Å². The molecule has 0 amide bonds. The summed E-state index contributed by atoms with van der Waals surface area (Å²) in [4.78, 5) is 4.69. The molecule has 1 aromatic heterocycles. The van der Waals surface area contributed by atoms with Crippen LogP contribution in [-0.2, 0) is 0 Å². The highest BCUT2D eigenvalue weighted by Crippen LogP contribution is 2.39. The van der Waals surface area contributed by atoms with Crippen molar-refractivity contribution in [2.24, 2.45) is 0 Å². The number of fused-ring (bicyclic) bond motifs is 3. The summed E-state index contributed by atoms with van der Waals surface area (Å²) in [5, 5.41) is 2.73. The number of hydrogen-bond donors (Lipinski definition) is 0. The first kappa shape index (κ1) is 34.5. The number of benzene rings is 8. The van der Waals surface area contributed by atoms with Crippen LogP contribution in [0.15, 0.2) is 206 Å². The smallest absolute Gasteiger partial charge is 0.0468 e. The first-order valence-electron chi connectivity index (χ1n) is 19.6. The summed E-state index contributed by atoms with van der Waals surface area (Å²) in [5.74, 6) is 0. The van der Waals surface area contributed by atoms with Gasteiger partial charge in [0.2, 0.25) is 0 Å². The lowest BCUT2D eigenvalue weighted by molar-refractivity contribution is 1.13. The molecule has 1 aliphatic carbocycles. The van der Waals surface area contributed by atoms with Gasteiger partial charge in [-0.25, -0.2) is 0 Å². The van der Waals surface area contributed by atoms with Crippen LogP contribution < -0.4 is 19.6 Å². The molecular weight excluding hydrogens is 709 g/mol. The van der Waals surface area contributed by atoms with E-state index in [9.17, 15) is 0 Å². The Kier molecular flexibility index (Phi) is 9.27. The maximum atomic E-state index is 2.41. The van der Waals surface area contributed by atoms with Crippen molar-refractivity contribution in [2.45, 2.75) is 12.8 Å². The van der Waals surface area contributed by atoms with Gasteiger partial charge in [0.05, 0.1) is 0 Å². The molecule has 8 aromatic carbocycles. The van der Waals surface area contributed by atoms with Crippen molar-refractivity contribution in [1.82, 2.24) is 0 Å². The van der Waals surface area contributed by atoms with E-state index in [2.05, 4.69) is 228 Å². The summed E-state index contributed by atoms with van der Waals surface area (Å²) >= 11 is 1.90. The van der Waals surface area contributed by atoms with Gasteiger partial charge in [-0.2, -0.15) is 0 Å². The number of thiophene rings is 1. The Hall–Kier alpha value is -6.94. The first-order chi connectivity index (χ1) is 28.2. The van der Waals surface area contributed by atoms with Crippen LogP contribution in [0, 0.1) is 0 Å². The third-order valence-electron chi connectivity index (χ3n) is 10.9. The molecule has 3 heteroatoms. The highest BCUT2D eigenvalue weighted by molar-refractivity contribution is 7.17. The van der Waals surface area contributed by atoms with Gasteiger partial charge in [-0.05, 0) is 130 Å². The summed E-state index contributed by atoms with van der Waals surface area (Å²) in [5.41, 5.74) is 14.0. The predicted octanol–water partition coefficient (Wildman–Crippen LogP) is 14.2. The second-order valence-electron chi connectivity index (χ2n) is 14.5. The van der Waals surface area contributed by atoms with Crippen LogP contribution in [0.4, 0.5) is 34.1 Å². The Morgan fingerprint density at radius 3 is 1.14 bits per heavy atom. The molecule has 0 aliphatic heterocycles. The molecule has 0 bridgehead atoms. The molecule has 1 heterocycles. The molecule has 272 valence electrons. The van der Waals surface area contributed by atoms with Crippen LogP contribution >= 0.6 is 11.3 Å². The zero-order valence-electron chi connectivity index (χ0n) is 31.5. The summed E-state index contributed by atoms with van der Waals surface area (Å²) in [7, 11) is 0. The fraction of sp³-hybridized carbons (Fsp3) is 0.0370. The topological polar surface area (TPSA) is 6.48 Å². The third kappa shape index (κ3) is 6.95. The molecule has 10 rings (SSSR count). The number of para-hydroxylation sites is 2. The van der Waals surface area contributed by atoms with Gasteiger partial charge in [0, 0.05) is 48.7 Å². The van der Waals surface area contributed by atoms with Gasteiger partial charge < -0.3 is 9.80 Å². The predicted molar refractivity (Wildman–Crippen MR) is 245 cm³/mol. The number of nitrogens with zero attached hydrogens (tertiary/aromatic N) is 2. The zero-order valence-corrected chi connectivity index (χ0v) is 32.3. The lowest BCUT2D eigenvalue weighted by Gasteiger charge is -2.26. The minimum atomic E-state index is 1.11. The Labute approximate surface area is 338 Å². The van der Waals surface area contributed by atoms with Gasteiger partial charge in [0.1, 0.15) is 0 Å². The van der Waals surface area contributed by atoms with Crippen molar-refractivity contribution in [3.63, 3.8) is 0 Å². The largest absolute Gasteiger partial charge is 0.311 e.